The quantitative estimate of drug-likeness (QED) is 0.124. The maximum absolute atomic E-state index is 12.2. The lowest BCUT2D eigenvalue weighted by molar-refractivity contribution is -0.148. The lowest BCUT2D eigenvalue weighted by atomic mass is 9.91. The van der Waals surface area contributed by atoms with Gasteiger partial charge in [-0.3, -0.25) is 4.79 Å². The van der Waals surface area contributed by atoms with E-state index in [0.29, 0.717) is 29.7 Å². The summed E-state index contributed by atoms with van der Waals surface area (Å²) < 4.78 is 22.4. The average Bonchev–Trinajstić information content (AvgIpc) is 2.94. The van der Waals surface area contributed by atoms with Crippen LogP contribution >= 0.6 is 0 Å². The van der Waals surface area contributed by atoms with Gasteiger partial charge in [0, 0.05) is 35.3 Å². The van der Waals surface area contributed by atoms with Gasteiger partial charge < -0.3 is 24.1 Å². The smallest absolute Gasteiger partial charge is 0.333 e. The number of carbonyl (C=O) groups excluding carboxylic acids is 3. The topological polar surface area (TPSA) is 108 Å². The van der Waals surface area contributed by atoms with Crippen molar-refractivity contribution in [1.82, 2.24) is 0 Å². The van der Waals surface area contributed by atoms with E-state index in [1.807, 2.05) is 37.3 Å². The van der Waals surface area contributed by atoms with Crippen molar-refractivity contribution in [3.05, 3.63) is 76.9 Å². The van der Waals surface area contributed by atoms with Gasteiger partial charge in [0.25, 0.3) is 0 Å². The summed E-state index contributed by atoms with van der Waals surface area (Å²) in [5, 5.41) is 9.18. The standard InChI is InChI=1S/C33H42O8/c1-21(2)31(35)39-16-14-28-24(7)27(20-41-33(37)23(5)6)19-29(26-12-10-25(11-13-26)9-8-15-34)30(28)38-17-18-40-32(36)22(3)4/h10-13,19,22,34H,1,5,8-9,14-18,20H2,2-4,6-7H3. The van der Waals surface area contributed by atoms with Crippen LogP contribution in [0.5, 0.6) is 5.75 Å². The molecule has 8 nitrogen and oxygen atoms in total. The summed E-state index contributed by atoms with van der Waals surface area (Å²) in [5.41, 5.74) is 5.65. The molecule has 0 aromatic heterocycles. The fraction of sp³-hybridized carbons (Fsp3) is 0.424. The van der Waals surface area contributed by atoms with Gasteiger partial charge in [0.05, 0.1) is 12.5 Å². The van der Waals surface area contributed by atoms with Gasteiger partial charge in [0.15, 0.2) is 0 Å². The van der Waals surface area contributed by atoms with Crippen LogP contribution in [0.1, 0.15) is 56.4 Å². The fourth-order valence-electron chi connectivity index (χ4n) is 3.93. The van der Waals surface area contributed by atoms with Crippen molar-refractivity contribution in [2.45, 2.75) is 60.5 Å². The minimum Gasteiger partial charge on any atom is -0.489 e. The van der Waals surface area contributed by atoms with Gasteiger partial charge in [0.1, 0.15) is 25.6 Å². The second-order valence-electron chi connectivity index (χ2n) is 10.2. The van der Waals surface area contributed by atoms with E-state index in [1.54, 1.807) is 27.7 Å². The molecular weight excluding hydrogens is 524 g/mol. The molecule has 0 aliphatic heterocycles. The Morgan fingerprint density at radius 2 is 1.51 bits per heavy atom. The third-order valence-electron chi connectivity index (χ3n) is 6.35. The molecule has 2 rings (SSSR count). The Balaban J connectivity index is 2.55. The molecule has 1 N–H and O–H groups in total. The fourth-order valence-corrected chi connectivity index (χ4v) is 3.93. The first kappa shape index (κ1) is 33.3. The van der Waals surface area contributed by atoms with Crippen LogP contribution in [0.2, 0.25) is 0 Å². The van der Waals surface area contributed by atoms with Crippen molar-refractivity contribution in [2.75, 3.05) is 26.4 Å². The zero-order chi connectivity index (χ0) is 30.5. The molecule has 0 heterocycles. The largest absolute Gasteiger partial charge is 0.489 e. The summed E-state index contributed by atoms with van der Waals surface area (Å²) >= 11 is 0. The highest BCUT2D eigenvalue weighted by molar-refractivity contribution is 5.87. The van der Waals surface area contributed by atoms with E-state index in [9.17, 15) is 19.5 Å². The van der Waals surface area contributed by atoms with Crippen LogP contribution < -0.4 is 4.74 Å². The van der Waals surface area contributed by atoms with Gasteiger partial charge in [-0.15, -0.1) is 0 Å². The number of aryl methyl sites for hydroxylation is 1. The molecular formula is C33H42O8. The highest BCUT2D eigenvalue weighted by Crippen LogP contribution is 2.38. The van der Waals surface area contributed by atoms with Gasteiger partial charge >= 0.3 is 17.9 Å². The van der Waals surface area contributed by atoms with E-state index in [0.717, 1.165) is 39.8 Å². The predicted octanol–water partition coefficient (Wildman–Crippen LogP) is 5.45. The predicted molar refractivity (Wildman–Crippen MR) is 157 cm³/mol. The van der Waals surface area contributed by atoms with Crippen molar-refractivity contribution >= 4 is 17.9 Å². The Morgan fingerprint density at radius 1 is 0.878 bits per heavy atom. The Kier molecular flexibility index (Phi) is 13.3. The molecule has 0 saturated heterocycles. The Bertz CT molecular complexity index is 1240. The first-order chi connectivity index (χ1) is 19.5. The molecule has 0 amide bonds. The molecule has 0 spiro atoms. The van der Waals surface area contributed by atoms with Gasteiger partial charge in [-0.2, -0.15) is 0 Å². The van der Waals surface area contributed by atoms with Gasteiger partial charge in [-0.1, -0.05) is 51.3 Å². The normalized spacial score (nSPS) is 10.7. The number of aliphatic hydroxyl groups excluding tert-OH is 1. The van der Waals surface area contributed by atoms with Crippen LogP contribution in [0.3, 0.4) is 0 Å². The summed E-state index contributed by atoms with van der Waals surface area (Å²) in [6.07, 6.45) is 1.74. The summed E-state index contributed by atoms with van der Waals surface area (Å²) in [7, 11) is 0. The number of rotatable bonds is 16. The highest BCUT2D eigenvalue weighted by Gasteiger charge is 2.20. The zero-order valence-corrected chi connectivity index (χ0v) is 24.8. The molecule has 0 radical (unpaired) electrons. The molecule has 0 atom stereocenters. The summed E-state index contributed by atoms with van der Waals surface area (Å²) in [4.78, 5) is 36.2. The lowest BCUT2D eigenvalue weighted by Gasteiger charge is -2.22. The van der Waals surface area contributed by atoms with Gasteiger partial charge in [0.2, 0.25) is 0 Å². The van der Waals surface area contributed by atoms with E-state index < -0.39 is 11.9 Å². The first-order valence-corrected chi connectivity index (χ1v) is 13.8. The molecule has 222 valence electrons. The summed E-state index contributed by atoms with van der Waals surface area (Å²) in [5.74, 6) is -0.992. The van der Waals surface area contributed by atoms with Crippen molar-refractivity contribution in [2.24, 2.45) is 5.92 Å². The van der Waals surface area contributed by atoms with Crippen LogP contribution in [-0.4, -0.2) is 49.4 Å². The number of ether oxygens (including phenoxy) is 4. The van der Waals surface area contributed by atoms with E-state index in [1.165, 1.54) is 0 Å². The van der Waals surface area contributed by atoms with Crippen LogP contribution in [0, 0.1) is 12.8 Å². The number of hydrogen-bond acceptors (Lipinski definition) is 8. The minimum atomic E-state index is -0.497. The second-order valence-corrected chi connectivity index (χ2v) is 10.2. The van der Waals surface area contributed by atoms with Crippen molar-refractivity contribution in [3.8, 4) is 16.9 Å². The Morgan fingerprint density at radius 3 is 2.10 bits per heavy atom. The molecule has 8 heteroatoms. The first-order valence-electron chi connectivity index (χ1n) is 13.8. The van der Waals surface area contributed by atoms with E-state index in [-0.39, 0.29) is 44.9 Å². The molecule has 0 unspecified atom stereocenters. The molecule has 0 saturated carbocycles. The Labute approximate surface area is 243 Å². The van der Waals surface area contributed by atoms with Crippen LogP contribution in [0.25, 0.3) is 11.1 Å². The minimum absolute atomic E-state index is 0.0178. The van der Waals surface area contributed by atoms with Crippen molar-refractivity contribution < 1.29 is 38.4 Å². The lowest BCUT2D eigenvalue weighted by Crippen LogP contribution is -2.17. The molecule has 0 fully saturated rings. The maximum Gasteiger partial charge on any atom is 0.333 e. The number of benzene rings is 2. The number of carbonyl (C=O) groups is 3. The molecule has 0 aliphatic rings. The van der Waals surface area contributed by atoms with Crippen LogP contribution in [-0.2, 0) is 48.0 Å². The average molecular weight is 567 g/mol. The summed E-state index contributed by atoms with van der Waals surface area (Å²) in [6, 6.07) is 9.85. The second kappa shape index (κ2) is 16.4. The Hall–Kier alpha value is -3.91. The van der Waals surface area contributed by atoms with Gasteiger partial charge in [-0.25, -0.2) is 9.59 Å². The molecule has 2 aromatic carbocycles. The summed E-state index contributed by atoms with van der Waals surface area (Å²) in [6.45, 7) is 16.3. The van der Waals surface area contributed by atoms with Crippen molar-refractivity contribution in [3.63, 3.8) is 0 Å². The zero-order valence-electron chi connectivity index (χ0n) is 24.8. The molecule has 0 bridgehead atoms. The number of hydrogen-bond donors (Lipinski definition) is 1. The van der Waals surface area contributed by atoms with Gasteiger partial charge in [-0.05, 0) is 61.9 Å². The van der Waals surface area contributed by atoms with Crippen LogP contribution in [0.4, 0.5) is 0 Å². The SMILES string of the molecule is C=C(C)C(=O)OCCc1c(C)c(COC(=O)C(=C)C)cc(-c2ccc(CCCO)cc2)c1OCCOC(=O)C(C)C. The monoisotopic (exact) mass is 566 g/mol. The number of esters is 3. The van der Waals surface area contributed by atoms with E-state index >= 15 is 0 Å². The third-order valence-corrected chi connectivity index (χ3v) is 6.35. The van der Waals surface area contributed by atoms with E-state index in [2.05, 4.69) is 13.2 Å². The highest BCUT2D eigenvalue weighted by atomic mass is 16.6. The molecule has 0 aliphatic carbocycles. The number of aliphatic hydroxyl groups is 1. The van der Waals surface area contributed by atoms with Crippen molar-refractivity contribution in [1.29, 1.82) is 0 Å². The molecule has 2 aromatic rings. The third kappa shape index (κ3) is 10.2. The maximum atomic E-state index is 12.2. The van der Waals surface area contributed by atoms with E-state index in [4.69, 9.17) is 18.9 Å². The molecule has 41 heavy (non-hydrogen) atoms. The van der Waals surface area contributed by atoms with Crippen LogP contribution in [0.15, 0.2) is 54.6 Å².